The number of fused-ring (bicyclic) bond motifs is 1. The first-order valence-electron chi connectivity index (χ1n) is 12.3. The summed E-state index contributed by atoms with van der Waals surface area (Å²) >= 11 is 0. The van der Waals surface area contributed by atoms with Crippen molar-refractivity contribution < 1.29 is 22.7 Å². The molecule has 1 saturated carbocycles. The number of hydrogen-bond acceptors (Lipinski definition) is 9. The Morgan fingerprint density at radius 3 is 2.74 bits per heavy atom. The molecule has 0 bridgehead atoms. The Balaban J connectivity index is 1.50. The van der Waals surface area contributed by atoms with Crippen LogP contribution in [-0.2, 0) is 11.3 Å². The highest BCUT2D eigenvalue weighted by molar-refractivity contribution is 5.96. The molecule has 38 heavy (non-hydrogen) atoms. The number of nitrogens with two attached hydrogens (primary N) is 1. The molecule has 1 aliphatic rings. The van der Waals surface area contributed by atoms with Crippen LogP contribution < -0.4 is 16.4 Å². The average molecular weight is 527 g/mol. The number of carbonyl (C=O) groups excluding carboxylic acids is 1. The Labute approximate surface area is 216 Å². The molecule has 1 fully saturated rings. The molecule has 0 saturated heterocycles. The van der Waals surface area contributed by atoms with E-state index in [2.05, 4.69) is 30.9 Å². The molecule has 1 aliphatic carbocycles. The predicted molar refractivity (Wildman–Crippen MR) is 134 cm³/mol. The van der Waals surface area contributed by atoms with Crippen molar-refractivity contribution in [2.75, 3.05) is 11.9 Å². The summed E-state index contributed by atoms with van der Waals surface area (Å²) in [6.07, 6.45) is 4.70. The lowest BCUT2D eigenvalue weighted by Gasteiger charge is -2.13. The van der Waals surface area contributed by atoms with Crippen molar-refractivity contribution >= 4 is 22.9 Å². The Hall–Kier alpha value is -3.97. The molecule has 13 heteroatoms. The van der Waals surface area contributed by atoms with E-state index in [1.165, 1.54) is 6.33 Å². The van der Waals surface area contributed by atoms with Gasteiger partial charge in [0.1, 0.15) is 30.1 Å². The van der Waals surface area contributed by atoms with Crippen LogP contribution in [0.25, 0.3) is 17.0 Å². The Morgan fingerprint density at radius 2 is 2.03 bits per heavy atom. The third-order valence-electron chi connectivity index (χ3n) is 5.96. The first-order valence-corrected chi connectivity index (χ1v) is 12.3. The van der Waals surface area contributed by atoms with Gasteiger partial charge in [-0.2, -0.15) is 5.10 Å². The maximum Gasteiger partial charge on any atom is 0.254 e. The van der Waals surface area contributed by atoms with E-state index in [-0.39, 0.29) is 47.6 Å². The fraction of sp³-hybridized carbons (Fsp3) is 0.400. The third kappa shape index (κ3) is 5.34. The number of halogens is 2. The first kappa shape index (κ1) is 25.7. The number of amides is 1. The largest absolute Gasteiger partial charge is 0.418 e. The zero-order valence-corrected chi connectivity index (χ0v) is 21.2. The van der Waals surface area contributed by atoms with E-state index >= 15 is 0 Å². The van der Waals surface area contributed by atoms with Gasteiger partial charge in [0.2, 0.25) is 11.8 Å². The summed E-state index contributed by atoms with van der Waals surface area (Å²) in [7, 11) is 0. The fourth-order valence-corrected chi connectivity index (χ4v) is 4.07. The number of benzene rings is 1. The van der Waals surface area contributed by atoms with Crippen LogP contribution in [0.15, 0.2) is 29.1 Å². The highest BCUT2D eigenvalue weighted by atomic mass is 19.1. The van der Waals surface area contributed by atoms with Crippen LogP contribution in [0.5, 0.6) is 0 Å². The van der Waals surface area contributed by atoms with Crippen LogP contribution in [0, 0.1) is 11.6 Å². The molecule has 0 radical (unpaired) electrons. The van der Waals surface area contributed by atoms with Crippen molar-refractivity contribution in [1.29, 1.82) is 0 Å². The first-order chi connectivity index (χ1) is 18.2. The van der Waals surface area contributed by atoms with Gasteiger partial charge in [-0.05, 0) is 37.3 Å². The van der Waals surface area contributed by atoms with Crippen LogP contribution in [0.1, 0.15) is 61.3 Å². The van der Waals surface area contributed by atoms with Crippen molar-refractivity contribution in [1.82, 2.24) is 30.1 Å². The summed E-state index contributed by atoms with van der Waals surface area (Å²) in [6, 6.07) is 1.73. The molecular formula is C25H28F2N8O3. The van der Waals surface area contributed by atoms with Crippen molar-refractivity contribution in [2.45, 2.75) is 58.2 Å². The Morgan fingerprint density at radius 1 is 1.24 bits per heavy atom. The van der Waals surface area contributed by atoms with E-state index in [0.29, 0.717) is 29.6 Å². The molecule has 1 aromatic carbocycles. The summed E-state index contributed by atoms with van der Waals surface area (Å²) in [5.74, 6) is -1.64. The van der Waals surface area contributed by atoms with E-state index < -0.39 is 17.5 Å². The second kappa shape index (κ2) is 10.4. The normalized spacial score (nSPS) is 14.3. The molecule has 0 aliphatic heterocycles. The highest BCUT2D eigenvalue weighted by Crippen LogP contribution is 2.37. The molecule has 0 spiro atoms. The average Bonchev–Trinajstić information content (AvgIpc) is 3.38. The minimum Gasteiger partial charge on any atom is -0.418 e. The molecule has 11 nitrogen and oxygen atoms in total. The van der Waals surface area contributed by atoms with Gasteiger partial charge in [-0.3, -0.25) is 4.79 Å². The van der Waals surface area contributed by atoms with Gasteiger partial charge < -0.3 is 25.5 Å². The van der Waals surface area contributed by atoms with Crippen LogP contribution in [0.4, 0.5) is 20.3 Å². The summed E-state index contributed by atoms with van der Waals surface area (Å²) < 4.78 is 42.1. The smallest absolute Gasteiger partial charge is 0.254 e. The molecular weight excluding hydrogens is 498 g/mol. The number of hydrogen-bond donors (Lipinski definition) is 3. The quantitative estimate of drug-likeness (QED) is 0.282. The molecule has 5 rings (SSSR count). The molecule has 4 N–H and O–H groups in total. The van der Waals surface area contributed by atoms with Gasteiger partial charge in [-0.25, -0.2) is 18.3 Å². The lowest BCUT2D eigenvalue weighted by Crippen LogP contribution is -2.26. The lowest BCUT2D eigenvalue weighted by molar-refractivity contribution is 0.0946. The van der Waals surface area contributed by atoms with Crippen LogP contribution in [-0.4, -0.2) is 49.4 Å². The topological polar surface area (TPSA) is 145 Å². The van der Waals surface area contributed by atoms with E-state index in [1.54, 1.807) is 10.7 Å². The summed E-state index contributed by atoms with van der Waals surface area (Å²) in [5, 5.41) is 18.1. The van der Waals surface area contributed by atoms with E-state index in [4.69, 9.17) is 14.9 Å². The number of carbonyl (C=O) groups is 1. The zero-order valence-electron chi connectivity index (χ0n) is 21.2. The lowest BCUT2D eigenvalue weighted by atomic mass is 10.00. The number of aromatic nitrogens is 5. The van der Waals surface area contributed by atoms with Gasteiger partial charge in [0.05, 0.1) is 23.4 Å². The highest BCUT2D eigenvalue weighted by Gasteiger charge is 2.27. The minimum atomic E-state index is -0.941. The van der Waals surface area contributed by atoms with Gasteiger partial charge in [0.25, 0.3) is 5.91 Å². The Kier molecular flexibility index (Phi) is 7.04. The SMILES string of the molecule is CC(N)COCc1nnc(-c2cn3ncnc(Nc4cc(C(=O)NC5CC5)c(F)cc4F)c3c2C(C)C)o1. The predicted octanol–water partition coefficient (Wildman–Crippen LogP) is 3.68. The number of nitrogens with one attached hydrogen (secondary N) is 2. The van der Waals surface area contributed by atoms with Crippen molar-refractivity contribution in [2.24, 2.45) is 5.73 Å². The molecule has 3 heterocycles. The zero-order chi connectivity index (χ0) is 27.0. The maximum atomic E-state index is 14.8. The van der Waals surface area contributed by atoms with Crippen molar-refractivity contribution in [3.8, 4) is 11.5 Å². The fourth-order valence-electron chi connectivity index (χ4n) is 4.07. The van der Waals surface area contributed by atoms with E-state index in [0.717, 1.165) is 24.5 Å². The molecule has 3 aromatic heterocycles. The number of nitrogens with zero attached hydrogens (tertiary/aromatic N) is 5. The van der Waals surface area contributed by atoms with Crippen LogP contribution >= 0.6 is 0 Å². The van der Waals surface area contributed by atoms with Crippen molar-refractivity contribution in [3.05, 3.63) is 53.3 Å². The molecule has 1 atom stereocenters. The van der Waals surface area contributed by atoms with Crippen molar-refractivity contribution in [3.63, 3.8) is 0 Å². The van der Waals surface area contributed by atoms with Gasteiger partial charge >= 0.3 is 0 Å². The molecule has 1 amide bonds. The molecule has 1 unspecified atom stereocenters. The van der Waals surface area contributed by atoms with E-state index in [9.17, 15) is 13.6 Å². The molecule has 200 valence electrons. The number of rotatable bonds is 10. The number of anilines is 2. The summed E-state index contributed by atoms with van der Waals surface area (Å²) in [4.78, 5) is 16.8. The van der Waals surface area contributed by atoms with Gasteiger partial charge in [0.15, 0.2) is 5.82 Å². The van der Waals surface area contributed by atoms with Crippen LogP contribution in [0.2, 0.25) is 0 Å². The summed E-state index contributed by atoms with van der Waals surface area (Å²) in [6.45, 7) is 6.23. The minimum absolute atomic E-state index is 0.0265. The monoisotopic (exact) mass is 526 g/mol. The van der Waals surface area contributed by atoms with Gasteiger partial charge in [0, 0.05) is 24.3 Å². The number of ether oxygens (including phenoxy) is 1. The Bertz CT molecular complexity index is 1480. The summed E-state index contributed by atoms with van der Waals surface area (Å²) in [5.41, 5.74) is 7.29. The second-order valence-corrected chi connectivity index (χ2v) is 9.69. The van der Waals surface area contributed by atoms with Gasteiger partial charge in [-0.15, -0.1) is 10.2 Å². The molecule has 4 aromatic rings. The van der Waals surface area contributed by atoms with E-state index in [1.807, 2.05) is 20.8 Å². The third-order valence-corrected chi connectivity index (χ3v) is 5.96. The van der Waals surface area contributed by atoms with Crippen LogP contribution in [0.3, 0.4) is 0 Å². The van der Waals surface area contributed by atoms with Gasteiger partial charge in [-0.1, -0.05) is 13.8 Å². The maximum absolute atomic E-state index is 14.8. The second-order valence-electron chi connectivity index (χ2n) is 9.69. The standard InChI is InChI=1S/C25H28F2N8O3/c1-12(2)21-16(25-34-33-20(38-25)10-37-9-13(3)28)8-35-22(21)23(29-11-30-35)32-19-6-15(17(26)7-18(19)27)24(36)31-14-4-5-14/h6-8,11-14H,4-5,9-10,28H2,1-3H3,(H,31,36)(H,29,30,32).